The Bertz CT molecular complexity index is 408. The number of ether oxygens (including phenoxy) is 1. The highest BCUT2D eigenvalue weighted by Crippen LogP contribution is 2.29. The molecule has 0 radical (unpaired) electrons. The van der Waals surface area contributed by atoms with Crippen LogP contribution >= 0.6 is 0 Å². The van der Waals surface area contributed by atoms with Crippen LogP contribution in [0.25, 0.3) is 0 Å². The van der Waals surface area contributed by atoms with Crippen molar-refractivity contribution in [1.29, 1.82) is 0 Å². The highest BCUT2D eigenvalue weighted by atomic mass is 16.5. The zero-order valence-electron chi connectivity index (χ0n) is 10.4. The standard InChI is InChI=1S/C11H18N2O3/c1-7-8(6-11(2,3)10(14)15)9(16-5)13(4)12-7/h6H2,1-5H3,(H,14,15). The van der Waals surface area contributed by atoms with Crippen molar-refractivity contribution in [2.24, 2.45) is 12.5 Å². The molecule has 5 heteroatoms. The van der Waals surface area contributed by atoms with Gasteiger partial charge in [0.1, 0.15) is 0 Å². The Morgan fingerprint density at radius 2 is 2.12 bits per heavy atom. The Labute approximate surface area is 95.0 Å². The van der Waals surface area contributed by atoms with Crippen molar-refractivity contribution >= 4 is 5.97 Å². The highest BCUT2D eigenvalue weighted by molar-refractivity contribution is 5.74. The van der Waals surface area contributed by atoms with Gasteiger partial charge in [0.2, 0.25) is 5.88 Å². The number of rotatable bonds is 4. The van der Waals surface area contributed by atoms with Crippen molar-refractivity contribution in [2.75, 3.05) is 7.11 Å². The predicted octanol–water partition coefficient (Wildman–Crippen LogP) is 1.39. The largest absolute Gasteiger partial charge is 0.481 e. The maximum absolute atomic E-state index is 11.1. The van der Waals surface area contributed by atoms with Gasteiger partial charge >= 0.3 is 5.97 Å². The van der Waals surface area contributed by atoms with E-state index in [0.717, 1.165) is 11.3 Å². The maximum Gasteiger partial charge on any atom is 0.309 e. The Balaban J connectivity index is 3.10. The van der Waals surface area contributed by atoms with E-state index in [4.69, 9.17) is 9.84 Å². The molecule has 1 heterocycles. The number of hydrogen-bond acceptors (Lipinski definition) is 3. The molecule has 0 aliphatic heterocycles. The molecule has 1 rings (SSSR count). The van der Waals surface area contributed by atoms with E-state index in [0.29, 0.717) is 12.3 Å². The lowest BCUT2D eigenvalue weighted by atomic mass is 9.86. The Morgan fingerprint density at radius 3 is 2.56 bits per heavy atom. The first-order valence-corrected chi connectivity index (χ1v) is 5.09. The Kier molecular flexibility index (Phi) is 3.26. The van der Waals surface area contributed by atoms with E-state index in [2.05, 4.69) is 5.10 Å². The van der Waals surface area contributed by atoms with Crippen molar-refractivity contribution in [1.82, 2.24) is 9.78 Å². The molecule has 0 unspecified atom stereocenters. The van der Waals surface area contributed by atoms with Crippen LogP contribution in [0.1, 0.15) is 25.1 Å². The van der Waals surface area contributed by atoms with Crippen LogP contribution in [0, 0.1) is 12.3 Å². The molecule has 1 aromatic heterocycles. The van der Waals surface area contributed by atoms with Gasteiger partial charge < -0.3 is 9.84 Å². The van der Waals surface area contributed by atoms with E-state index in [9.17, 15) is 4.79 Å². The molecule has 0 aromatic carbocycles. The average Bonchev–Trinajstić information content (AvgIpc) is 2.40. The number of aryl methyl sites for hydroxylation is 2. The van der Waals surface area contributed by atoms with Crippen molar-refractivity contribution in [3.63, 3.8) is 0 Å². The third-order valence-electron chi connectivity index (χ3n) is 2.68. The lowest BCUT2D eigenvalue weighted by Gasteiger charge is -2.19. The number of carboxylic acids is 1. The van der Waals surface area contributed by atoms with E-state index in [1.807, 2.05) is 6.92 Å². The van der Waals surface area contributed by atoms with Crippen LogP contribution in [-0.4, -0.2) is 28.0 Å². The zero-order valence-corrected chi connectivity index (χ0v) is 10.4. The minimum atomic E-state index is -0.821. The van der Waals surface area contributed by atoms with Crippen LogP contribution in [0.2, 0.25) is 0 Å². The smallest absolute Gasteiger partial charge is 0.309 e. The molecule has 0 spiro atoms. The topological polar surface area (TPSA) is 64.3 Å². The van der Waals surface area contributed by atoms with Gasteiger partial charge in [-0.2, -0.15) is 5.10 Å². The predicted molar refractivity (Wildman–Crippen MR) is 59.6 cm³/mol. The molecule has 90 valence electrons. The lowest BCUT2D eigenvalue weighted by Crippen LogP contribution is -2.26. The minimum absolute atomic E-state index is 0.408. The van der Waals surface area contributed by atoms with Crippen molar-refractivity contribution < 1.29 is 14.6 Å². The molecule has 0 bridgehead atoms. The second-order valence-corrected chi connectivity index (χ2v) is 4.56. The summed E-state index contributed by atoms with van der Waals surface area (Å²) in [7, 11) is 3.34. The fourth-order valence-electron chi connectivity index (χ4n) is 1.66. The van der Waals surface area contributed by atoms with Gasteiger partial charge in [0.05, 0.1) is 18.2 Å². The molecule has 0 atom stereocenters. The van der Waals surface area contributed by atoms with Crippen LogP contribution < -0.4 is 4.74 Å². The van der Waals surface area contributed by atoms with E-state index in [-0.39, 0.29) is 0 Å². The molecule has 0 saturated heterocycles. The third kappa shape index (κ3) is 2.18. The van der Waals surface area contributed by atoms with Crippen LogP contribution in [0.5, 0.6) is 5.88 Å². The number of hydrogen-bond donors (Lipinski definition) is 1. The number of methoxy groups -OCH3 is 1. The molecule has 16 heavy (non-hydrogen) atoms. The first-order valence-electron chi connectivity index (χ1n) is 5.09. The van der Waals surface area contributed by atoms with Gasteiger partial charge in [-0.05, 0) is 27.2 Å². The molecule has 0 aliphatic rings. The molecule has 1 aromatic rings. The summed E-state index contributed by atoms with van der Waals surface area (Å²) in [4.78, 5) is 11.1. The highest BCUT2D eigenvalue weighted by Gasteiger charge is 2.30. The maximum atomic E-state index is 11.1. The molecule has 0 aliphatic carbocycles. The summed E-state index contributed by atoms with van der Waals surface area (Å²) in [6, 6.07) is 0. The molecule has 0 amide bonds. The quantitative estimate of drug-likeness (QED) is 0.842. The van der Waals surface area contributed by atoms with Gasteiger partial charge in [-0.15, -0.1) is 0 Å². The fourth-order valence-corrected chi connectivity index (χ4v) is 1.66. The van der Waals surface area contributed by atoms with Crippen LogP contribution in [-0.2, 0) is 18.3 Å². The molecule has 0 fully saturated rings. The molecule has 1 N–H and O–H groups in total. The first-order chi connectivity index (χ1) is 7.29. The van der Waals surface area contributed by atoms with Crippen LogP contribution in [0.3, 0.4) is 0 Å². The number of aliphatic carboxylic acids is 1. The number of carboxylic acid groups (broad SMARTS) is 1. The summed E-state index contributed by atoms with van der Waals surface area (Å²) >= 11 is 0. The summed E-state index contributed by atoms with van der Waals surface area (Å²) in [5.41, 5.74) is 0.854. The van der Waals surface area contributed by atoms with E-state index < -0.39 is 11.4 Å². The average molecular weight is 226 g/mol. The van der Waals surface area contributed by atoms with Gasteiger partial charge in [-0.25, -0.2) is 4.68 Å². The van der Waals surface area contributed by atoms with Gasteiger partial charge in [-0.1, -0.05) is 0 Å². The first kappa shape index (κ1) is 12.5. The molecular weight excluding hydrogens is 208 g/mol. The van der Waals surface area contributed by atoms with Crippen molar-refractivity contribution in [3.8, 4) is 5.88 Å². The molecule has 0 saturated carbocycles. The van der Waals surface area contributed by atoms with Crippen molar-refractivity contribution in [3.05, 3.63) is 11.3 Å². The third-order valence-corrected chi connectivity index (χ3v) is 2.68. The van der Waals surface area contributed by atoms with Gasteiger partial charge in [-0.3, -0.25) is 4.79 Å². The van der Waals surface area contributed by atoms with E-state index >= 15 is 0 Å². The van der Waals surface area contributed by atoms with E-state index in [1.54, 1.807) is 32.7 Å². The summed E-state index contributed by atoms with van der Waals surface area (Å²) in [6.07, 6.45) is 0.408. The SMILES string of the molecule is COc1c(CC(C)(C)C(=O)O)c(C)nn1C. The summed E-state index contributed by atoms with van der Waals surface area (Å²) < 4.78 is 6.86. The van der Waals surface area contributed by atoms with Crippen LogP contribution in [0.15, 0.2) is 0 Å². The zero-order chi connectivity index (χ0) is 12.5. The Morgan fingerprint density at radius 1 is 1.56 bits per heavy atom. The monoisotopic (exact) mass is 226 g/mol. The van der Waals surface area contributed by atoms with Gasteiger partial charge in [0, 0.05) is 12.6 Å². The number of aromatic nitrogens is 2. The fraction of sp³-hybridized carbons (Fsp3) is 0.636. The second-order valence-electron chi connectivity index (χ2n) is 4.56. The van der Waals surface area contributed by atoms with Gasteiger partial charge in [0.25, 0.3) is 0 Å². The van der Waals surface area contributed by atoms with E-state index in [1.165, 1.54) is 0 Å². The van der Waals surface area contributed by atoms with Crippen molar-refractivity contribution in [2.45, 2.75) is 27.2 Å². The Hall–Kier alpha value is -1.52. The lowest BCUT2D eigenvalue weighted by molar-refractivity contribution is -0.146. The molecule has 5 nitrogen and oxygen atoms in total. The number of nitrogens with zero attached hydrogens (tertiary/aromatic N) is 2. The van der Waals surface area contributed by atoms with Gasteiger partial charge in [0.15, 0.2) is 0 Å². The summed E-state index contributed by atoms with van der Waals surface area (Å²) in [6.45, 7) is 5.25. The normalized spacial score (nSPS) is 11.6. The number of carbonyl (C=O) groups is 1. The minimum Gasteiger partial charge on any atom is -0.481 e. The summed E-state index contributed by atoms with van der Waals surface area (Å²) in [5, 5.41) is 13.3. The molecular formula is C11H18N2O3. The summed E-state index contributed by atoms with van der Waals surface area (Å²) in [5.74, 6) is -0.190. The second kappa shape index (κ2) is 4.15. The van der Waals surface area contributed by atoms with Crippen LogP contribution in [0.4, 0.5) is 0 Å².